The third-order valence-electron chi connectivity index (χ3n) is 3.33. The summed E-state index contributed by atoms with van der Waals surface area (Å²) in [5, 5.41) is 0.726. The lowest BCUT2D eigenvalue weighted by atomic mass is 9.95. The van der Waals surface area contributed by atoms with Crippen LogP contribution >= 0.6 is 7.82 Å². The van der Waals surface area contributed by atoms with E-state index in [2.05, 4.69) is 4.98 Å². The highest BCUT2D eigenvalue weighted by Gasteiger charge is 2.24. The van der Waals surface area contributed by atoms with E-state index in [9.17, 15) is 14.3 Å². The van der Waals surface area contributed by atoms with E-state index in [1.807, 2.05) is 26.0 Å². The van der Waals surface area contributed by atoms with Crippen molar-refractivity contribution in [2.75, 3.05) is 6.61 Å². The second-order valence-electron chi connectivity index (χ2n) is 5.37. The number of phosphoric acid groups is 1. The highest BCUT2D eigenvalue weighted by atomic mass is 31.2. The molecule has 124 valence electrons. The molecular formula is C14H20BN2O5P. The first-order valence-corrected chi connectivity index (χ1v) is 8.90. The van der Waals surface area contributed by atoms with Gasteiger partial charge in [-0.15, -0.1) is 0 Å². The molecule has 7 nitrogen and oxygen atoms in total. The molecule has 1 unspecified atom stereocenters. The van der Waals surface area contributed by atoms with E-state index in [4.69, 9.17) is 14.8 Å². The summed E-state index contributed by atoms with van der Waals surface area (Å²) in [6, 6.07) is 5.67. The molecule has 0 bridgehead atoms. The Kier molecular flexibility index (Phi) is 5.88. The quantitative estimate of drug-likeness (QED) is 0.358. The average molecular weight is 338 g/mol. The first-order valence-electron chi connectivity index (χ1n) is 7.40. The number of unbranched alkanes of at least 4 members (excludes halogenated alkanes) is 2. The van der Waals surface area contributed by atoms with Gasteiger partial charge in [-0.1, -0.05) is 24.0 Å². The van der Waals surface area contributed by atoms with E-state index in [1.165, 1.54) is 6.20 Å². The Morgan fingerprint density at radius 3 is 2.87 bits per heavy atom. The van der Waals surface area contributed by atoms with E-state index in [0.717, 1.165) is 16.4 Å². The molecule has 1 atom stereocenters. The zero-order valence-electron chi connectivity index (χ0n) is 12.9. The molecule has 9 heteroatoms. The number of primary amides is 1. The molecule has 1 aromatic heterocycles. The monoisotopic (exact) mass is 338 g/mol. The first-order chi connectivity index (χ1) is 10.9. The van der Waals surface area contributed by atoms with E-state index in [0.29, 0.717) is 25.7 Å². The molecular weight excluding hydrogens is 318 g/mol. The number of rotatable bonds is 9. The third kappa shape index (κ3) is 5.43. The minimum atomic E-state index is -4.18. The number of phosphoric ester groups is 1. The van der Waals surface area contributed by atoms with Crippen molar-refractivity contribution in [3.05, 3.63) is 24.4 Å². The number of aromatic nitrogens is 1. The van der Waals surface area contributed by atoms with Crippen LogP contribution in [0, 0.1) is 0 Å². The summed E-state index contributed by atoms with van der Waals surface area (Å²) in [5.41, 5.74) is 6.87. The summed E-state index contributed by atoms with van der Waals surface area (Å²) in [4.78, 5) is 23.3. The number of carbonyl (C=O) groups excluding carboxylic acids is 1. The van der Waals surface area contributed by atoms with Gasteiger partial charge in [-0.25, -0.2) is 4.57 Å². The Hall–Kier alpha value is -1.76. The van der Waals surface area contributed by atoms with Crippen molar-refractivity contribution in [3.63, 3.8) is 0 Å². The SMILES string of the molecule is Bc1ccc2[nH]cc(OP(=O)(O)OCCCCCC(N)=O)c2c1. The van der Waals surface area contributed by atoms with Crippen molar-refractivity contribution in [3.8, 4) is 5.75 Å². The van der Waals surface area contributed by atoms with Gasteiger partial charge in [0.25, 0.3) is 0 Å². The molecule has 4 N–H and O–H groups in total. The van der Waals surface area contributed by atoms with Crippen molar-refractivity contribution >= 4 is 37.9 Å². The summed E-state index contributed by atoms with van der Waals surface area (Å²) in [6.07, 6.45) is 3.71. The Bertz CT molecular complexity index is 733. The predicted molar refractivity (Wildman–Crippen MR) is 90.5 cm³/mol. The average Bonchev–Trinajstić information content (AvgIpc) is 2.84. The second kappa shape index (κ2) is 7.68. The largest absolute Gasteiger partial charge is 0.527 e. The maximum absolute atomic E-state index is 12.0. The Morgan fingerprint density at radius 2 is 2.13 bits per heavy atom. The topological polar surface area (TPSA) is 115 Å². The van der Waals surface area contributed by atoms with E-state index >= 15 is 0 Å². The highest BCUT2D eigenvalue weighted by Crippen LogP contribution is 2.45. The van der Waals surface area contributed by atoms with Crippen molar-refractivity contribution in [1.82, 2.24) is 4.98 Å². The molecule has 0 radical (unpaired) electrons. The fourth-order valence-corrected chi connectivity index (χ4v) is 3.01. The molecule has 23 heavy (non-hydrogen) atoms. The van der Waals surface area contributed by atoms with Crippen LogP contribution in [0.4, 0.5) is 0 Å². The van der Waals surface area contributed by atoms with Crippen LogP contribution in [0.2, 0.25) is 0 Å². The fourth-order valence-electron chi connectivity index (χ4n) is 2.19. The van der Waals surface area contributed by atoms with Crippen LogP contribution in [0.25, 0.3) is 10.9 Å². The number of aromatic amines is 1. The van der Waals surface area contributed by atoms with Crippen molar-refractivity contribution in [1.29, 1.82) is 0 Å². The second-order valence-corrected chi connectivity index (χ2v) is 6.75. The molecule has 1 aromatic carbocycles. The Labute approximate surface area is 135 Å². The molecule has 1 amide bonds. The number of benzene rings is 1. The van der Waals surface area contributed by atoms with Crippen LogP contribution in [-0.2, 0) is 13.9 Å². The first kappa shape index (κ1) is 17.6. The van der Waals surface area contributed by atoms with Gasteiger partial charge in [0.1, 0.15) is 7.85 Å². The van der Waals surface area contributed by atoms with Gasteiger partial charge < -0.3 is 15.2 Å². The van der Waals surface area contributed by atoms with E-state index < -0.39 is 7.82 Å². The maximum atomic E-state index is 12.0. The van der Waals surface area contributed by atoms with Gasteiger partial charge in [0.2, 0.25) is 5.91 Å². The van der Waals surface area contributed by atoms with Gasteiger partial charge in [0, 0.05) is 23.5 Å². The summed E-state index contributed by atoms with van der Waals surface area (Å²) in [6.45, 7) is 0.0773. The smallest absolute Gasteiger partial charge is 0.402 e. The minimum Gasteiger partial charge on any atom is -0.402 e. The molecule has 2 rings (SSSR count). The van der Waals surface area contributed by atoms with Gasteiger partial charge in [-0.3, -0.25) is 14.2 Å². The third-order valence-corrected chi connectivity index (χ3v) is 4.27. The summed E-state index contributed by atoms with van der Waals surface area (Å²) in [5.74, 6) is -0.0695. The van der Waals surface area contributed by atoms with Gasteiger partial charge >= 0.3 is 7.82 Å². The molecule has 0 saturated heterocycles. The van der Waals surface area contributed by atoms with Crippen molar-refractivity contribution in [2.45, 2.75) is 25.7 Å². The number of nitrogens with two attached hydrogens (primary N) is 1. The standard InChI is InChI=1S/C14H20BN2O5P/c15-10-5-6-12-11(8-10)13(9-17-12)22-23(19,20)21-7-3-1-2-4-14(16)18/h5-6,8-9,17H,1-4,7,15H2,(H2,16,18)(H,19,20). The molecule has 0 aliphatic rings. The number of hydrogen-bond donors (Lipinski definition) is 3. The van der Waals surface area contributed by atoms with Crippen LogP contribution in [0.1, 0.15) is 25.7 Å². The molecule has 2 aromatic rings. The molecule has 0 aliphatic heterocycles. The van der Waals surface area contributed by atoms with E-state index in [1.54, 1.807) is 0 Å². The zero-order valence-corrected chi connectivity index (χ0v) is 13.8. The van der Waals surface area contributed by atoms with Crippen LogP contribution in [0.15, 0.2) is 24.4 Å². The lowest BCUT2D eigenvalue weighted by molar-refractivity contribution is -0.118. The number of nitrogens with one attached hydrogen (secondary N) is 1. The van der Waals surface area contributed by atoms with Crippen LogP contribution in [-0.4, -0.2) is 30.2 Å². The van der Waals surface area contributed by atoms with Crippen molar-refractivity contribution in [2.24, 2.45) is 5.73 Å². The molecule has 1 heterocycles. The Balaban J connectivity index is 1.86. The van der Waals surface area contributed by atoms with Gasteiger partial charge in [-0.05, 0) is 18.9 Å². The number of amides is 1. The van der Waals surface area contributed by atoms with Crippen LogP contribution in [0.5, 0.6) is 5.75 Å². The van der Waals surface area contributed by atoms with Crippen molar-refractivity contribution < 1.29 is 23.3 Å². The van der Waals surface area contributed by atoms with E-state index in [-0.39, 0.29) is 18.3 Å². The molecule has 0 fully saturated rings. The minimum absolute atomic E-state index is 0.0773. The maximum Gasteiger partial charge on any atom is 0.527 e. The van der Waals surface area contributed by atoms with Crippen LogP contribution in [0.3, 0.4) is 0 Å². The number of fused-ring (bicyclic) bond motifs is 1. The fraction of sp³-hybridized carbons (Fsp3) is 0.357. The zero-order chi connectivity index (χ0) is 16.9. The Morgan fingerprint density at radius 1 is 1.35 bits per heavy atom. The van der Waals surface area contributed by atoms with Gasteiger partial charge in [0.05, 0.1) is 6.61 Å². The molecule has 0 saturated carbocycles. The number of carbonyl (C=O) groups is 1. The summed E-state index contributed by atoms with van der Waals surface area (Å²) >= 11 is 0. The van der Waals surface area contributed by atoms with Crippen LogP contribution < -0.4 is 15.7 Å². The van der Waals surface area contributed by atoms with Gasteiger partial charge in [-0.2, -0.15) is 0 Å². The lowest BCUT2D eigenvalue weighted by Crippen LogP contribution is -2.09. The summed E-state index contributed by atoms with van der Waals surface area (Å²) < 4.78 is 22.1. The highest BCUT2D eigenvalue weighted by molar-refractivity contribution is 7.47. The molecule has 0 aliphatic carbocycles. The molecule has 0 spiro atoms. The lowest BCUT2D eigenvalue weighted by Gasteiger charge is -2.12. The number of H-pyrrole nitrogens is 1. The number of hydrogen-bond acceptors (Lipinski definition) is 4. The predicted octanol–water partition coefficient (Wildman–Crippen LogP) is 0.968. The summed E-state index contributed by atoms with van der Waals surface area (Å²) in [7, 11) is -2.25. The normalized spacial score (nSPS) is 13.8. The van der Waals surface area contributed by atoms with Gasteiger partial charge in [0.15, 0.2) is 5.75 Å².